The van der Waals surface area contributed by atoms with E-state index >= 15 is 0 Å². The standard InChI is InChI=1S/C17H17N3/c18-11-13-7-8-17(15-4-2-1-3-14(13)15)20-10-9-16(19-20)12-5-6-12/h1-4,7-10,12H,5-6,11,18H2. The Bertz CT molecular complexity index is 769. The summed E-state index contributed by atoms with van der Waals surface area (Å²) in [6.07, 6.45) is 4.63. The van der Waals surface area contributed by atoms with Gasteiger partial charge in [0.15, 0.2) is 0 Å². The van der Waals surface area contributed by atoms with Gasteiger partial charge in [0, 0.05) is 24.0 Å². The van der Waals surface area contributed by atoms with Crippen LogP contribution in [-0.4, -0.2) is 9.78 Å². The Morgan fingerprint density at radius 1 is 1.05 bits per heavy atom. The van der Waals surface area contributed by atoms with Crippen LogP contribution < -0.4 is 5.73 Å². The molecule has 3 nitrogen and oxygen atoms in total. The molecule has 1 aliphatic rings. The summed E-state index contributed by atoms with van der Waals surface area (Å²) < 4.78 is 2.00. The van der Waals surface area contributed by atoms with Gasteiger partial charge >= 0.3 is 0 Å². The Kier molecular flexibility index (Phi) is 2.60. The molecule has 1 heterocycles. The minimum Gasteiger partial charge on any atom is -0.326 e. The third kappa shape index (κ3) is 1.82. The van der Waals surface area contributed by atoms with E-state index in [1.165, 1.54) is 34.9 Å². The summed E-state index contributed by atoms with van der Waals surface area (Å²) >= 11 is 0. The van der Waals surface area contributed by atoms with Gasteiger partial charge in [-0.3, -0.25) is 0 Å². The van der Waals surface area contributed by atoms with Crippen molar-refractivity contribution < 1.29 is 0 Å². The van der Waals surface area contributed by atoms with Gasteiger partial charge in [0.25, 0.3) is 0 Å². The molecule has 0 bridgehead atoms. The molecule has 0 saturated heterocycles. The largest absolute Gasteiger partial charge is 0.326 e. The second-order valence-corrected chi connectivity index (χ2v) is 5.45. The van der Waals surface area contributed by atoms with E-state index in [4.69, 9.17) is 10.8 Å². The van der Waals surface area contributed by atoms with E-state index in [1.54, 1.807) is 0 Å². The topological polar surface area (TPSA) is 43.8 Å². The average molecular weight is 263 g/mol. The summed E-state index contributed by atoms with van der Waals surface area (Å²) in [5, 5.41) is 7.16. The van der Waals surface area contributed by atoms with Crippen LogP contribution in [0.2, 0.25) is 0 Å². The van der Waals surface area contributed by atoms with E-state index in [0.717, 1.165) is 5.69 Å². The zero-order valence-corrected chi connectivity index (χ0v) is 11.3. The van der Waals surface area contributed by atoms with Crippen LogP contribution in [0, 0.1) is 0 Å². The molecule has 0 radical (unpaired) electrons. The molecule has 0 unspecified atom stereocenters. The number of nitrogens with two attached hydrogens (primary N) is 1. The van der Waals surface area contributed by atoms with Gasteiger partial charge in [0.1, 0.15) is 0 Å². The van der Waals surface area contributed by atoms with Crippen LogP contribution in [0.1, 0.15) is 30.0 Å². The van der Waals surface area contributed by atoms with Crippen molar-refractivity contribution in [2.45, 2.75) is 25.3 Å². The molecule has 3 heteroatoms. The van der Waals surface area contributed by atoms with Crippen LogP contribution in [0.25, 0.3) is 16.5 Å². The Morgan fingerprint density at radius 3 is 2.60 bits per heavy atom. The summed E-state index contributed by atoms with van der Waals surface area (Å²) in [7, 11) is 0. The van der Waals surface area contributed by atoms with Crippen LogP contribution in [0.4, 0.5) is 0 Å². The first kappa shape index (κ1) is 11.7. The van der Waals surface area contributed by atoms with Gasteiger partial charge in [-0.25, -0.2) is 4.68 Å². The average Bonchev–Trinajstić information content (AvgIpc) is 3.24. The van der Waals surface area contributed by atoms with Crippen molar-refractivity contribution in [1.29, 1.82) is 0 Å². The molecule has 0 amide bonds. The van der Waals surface area contributed by atoms with Gasteiger partial charge in [-0.2, -0.15) is 5.10 Å². The maximum Gasteiger partial charge on any atom is 0.0724 e. The quantitative estimate of drug-likeness (QED) is 0.787. The lowest BCUT2D eigenvalue weighted by molar-refractivity contribution is 0.842. The first-order chi connectivity index (χ1) is 9.86. The van der Waals surface area contributed by atoms with E-state index < -0.39 is 0 Å². The zero-order valence-electron chi connectivity index (χ0n) is 11.3. The third-order valence-corrected chi connectivity index (χ3v) is 4.06. The van der Waals surface area contributed by atoms with Crippen molar-refractivity contribution in [2.75, 3.05) is 0 Å². The monoisotopic (exact) mass is 263 g/mol. The molecule has 1 fully saturated rings. The SMILES string of the molecule is NCc1ccc(-n2ccc(C3CC3)n2)c2ccccc12. The third-order valence-electron chi connectivity index (χ3n) is 4.06. The number of aromatic nitrogens is 2. The van der Waals surface area contributed by atoms with Gasteiger partial charge in [-0.15, -0.1) is 0 Å². The van der Waals surface area contributed by atoms with Crippen LogP contribution in [-0.2, 0) is 6.54 Å². The van der Waals surface area contributed by atoms with Crippen molar-refractivity contribution in [1.82, 2.24) is 9.78 Å². The smallest absolute Gasteiger partial charge is 0.0724 e. The molecule has 3 aromatic rings. The lowest BCUT2D eigenvalue weighted by Crippen LogP contribution is -2.01. The molecule has 2 N–H and O–H groups in total. The summed E-state index contributed by atoms with van der Waals surface area (Å²) in [6.45, 7) is 0.563. The molecule has 20 heavy (non-hydrogen) atoms. The van der Waals surface area contributed by atoms with E-state index in [-0.39, 0.29) is 0 Å². The van der Waals surface area contributed by atoms with Gasteiger partial charge in [-0.1, -0.05) is 30.3 Å². The van der Waals surface area contributed by atoms with Gasteiger partial charge < -0.3 is 5.73 Å². The van der Waals surface area contributed by atoms with Crippen molar-refractivity contribution in [3.05, 3.63) is 59.9 Å². The number of fused-ring (bicyclic) bond motifs is 1. The second kappa shape index (κ2) is 4.46. The molecule has 0 aliphatic heterocycles. The van der Waals surface area contributed by atoms with Crippen LogP contribution in [0.3, 0.4) is 0 Å². The van der Waals surface area contributed by atoms with Crippen molar-refractivity contribution >= 4 is 10.8 Å². The molecular weight excluding hydrogens is 246 g/mol. The zero-order chi connectivity index (χ0) is 13.5. The lowest BCUT2D eigenvalue weighted by atomic mass is 10.0. The minimum atomic E-state index is 0.563. The van der Waals surface area contributed by atoms with E-state index in [2.05, 4.69) is 48.7 Å². The van der Waals surface area contributed by atoms with Crippen LogP contribution in [0.5, 0.6) is 0 Å². The van der Waals surface area contributed by atoms with Crippen molar-refractivity contribution in [2.24, 2.45) is 5.73 Å². The molecular formula is C17H17N3. The number of rotatable bonds is 3. The minimum absolute atomic E-state index is 0.563. The van der Waals surface area contributed by atoms with Crippen LogP contribution in [0.15, 0.2) is 48.7 Å². The van der Waals surface area contributed by atoms with E-state index in [1.807, 2.05) is 4.68 Å². The molecule has 1 saturated carbocycles. The molecule has 0 spiro atoms. The van der Waals surface area contributed by atoms with Gasteiger partial charge in [0.2, 0.25) is 0 Å². The molecule has 0 atom stereocenters. The van der Waals surface area contributed by atoms with Crippen LogP contribution >= 0.6 is 0 Å². The number of hydrogen-bond donors (Lipinski definition) is 1. The highest BCUT2D eigenvalue weighted by Gasteiger charge is 2.26. The first-order valence-electron chi connectivity index (χ1n) is 7.13. The fourth-order valence-electron chi connectivity index (χ4n) is 2.79. The predicted octanol–water partition coefficient (Wildman–Crippen LogP) is 3.36. The fraction of sp³-hybridized carbons (Fsp3) is 0.235. The highest BCUT2D eigenvalue weighted by molar-refractivity contribution is 5.92. The first-order valence-corrected chi connectivity index (χ1v) is 7.13. The number of hydrogen-bond acceptors (Lipinski definition) is 2. The maximum absolute atomic E-state index is 5.83. The Balaban J connectivity index is 1.90. The molecule has 100 valence electrons. The van der Waals surface area contributed by atoms with E-state index in [0.29, 0.717) is 12.5 Å². The summed E-state index contributed by atoms with van der Waals surface area (Å²) in [4.78, 5) is 0. The van der Waals surface area contributed by atoms with Crippen molar-refractivity contribution in [3.63, 3.8) is 0 Å². The Hall–Kier alpha value is -2.13. The summed E-state index contributed by atoms with van der Waals surface area (Å²) in [6, 6.07) is 14.8. The summed E-state index contributed by atoms with van der Waals surface area (Å²) in [5.74, 6) is 0.686. The normalized spacial score (nSPS) is 14.8. The lowest BCUT2D eigenvalue weighted by Gasteiger charge is -2.10. The maximum atomic E-state index is 5.83. The number of benzene rings is 2. The Labute approximate surface area is 118 Å². The highest BCUT2D eigenvalue weighted by Crippen LogP contribution is 2.39. The van der Waals surface area contributed by atoms with Gasteiger partial charge in [0.05, 0.1) is 11.4 Å². The fourth-order valence-corrected chi connectivity index (χ4v) is 2.79. The second-order valence-electron chi connectivity index (χ2n) is 5.45. The van der Waals surface area contributed by atoms with E-state index in [9.17, 15) is 0 Å². The molecule has 1 aliphatic carbocycles. The predicted molar refractivity (Wildman–Crippen MR) is 80.9 cm³/mol. The molecule has 1 aromatic heterocycles. The Morgan fingerprint density at radius 2 is 1.85 bits per heavy atom. The molecule has 4 rings (SSSR count). The number of nitrogens with zero attached hydrogens (tertiary/aromatic N) is 2. The highest BCUT2D eigenvalue weighted by atomic mass is 15.3. The summed E-state index contributed by atoms with van der Waals surface area (Å²) in [5.41, 5.74) is 9.36. The van der Waals surface area contributed by atoms with Gasteiger partial charge in [-0.05, 0) is 35.9 Å². The molecule has 2 aromatic carbocycles. The van der Waals surface area contributed by atoms with Crippen molar-refractivity contribution in [3.8, 4) is 5.69 Å².